The molecule has 22 heavy (non-hydrogen) atoms. The minimum absolute atomic E-state index is 0.288. The molecule has 5 nitrogen and oxygen atoms in total. The normalized spacial score (nSPS) is 18.2. The first-order chi connectivity index (χ1) is 10.6. The molecular formula is C16H15ClN2O3. The lowest BCUT2D eigenvalue weighted by molar-refractivity contribution is -0.144. The van der Waals surface area contributed by atoms with Crippen LogP contribution in [0.3, 0.4) is 0 Å². The van der Waals surface area contributed by atoms with E-state index in [9.17, 15) is 9.59 Å². The van der Waals surface area contributed by atoms with Crippen molar-refractivity contribution in [1.29, 1.82) is 0 Å². The summed E-state index contributed by atoms with van der Waals surface area (Å²) < 4.78 is 4.92. The van der Waals surface area contributed by atoms with E-state index in [0.717, 1.165) is 0 Å². The number of ketones is 1. The van der Waals surface area contributed by atoms with Crippen molar-refractivity contribution in [3.05, 3.63) is 46.3 Å². The van der Waals surface area contributed by atoms with E-state index in [1.165, 1.54) is 0 Å². The summed E-state index contributed by atoms with van der Waals surface area (Å²) in [6.45, 7) is 9.30. The number of carbonyl (C=O) groups is 2. The van der Waals surface area contributed by atoms with Crippen molar-refractivity contribution in [2.45, 2.75) is 31.8 Å². The third kappa shape index (κ3) is 3.52. The highest BCUT2D eigenvalue weighted by molar-refractivity contribution is 6.30. The van der Waals surface area contributed by atoms with E-state index < -0.39 is 18.1 Å². The average Bonchev–Trinajstić information content (AvgIpc) is 2.98. The van der Waals surface area contributed by atoms with Gasteiger partial charge in [0.25, 0.3) is 5.78 Å². The molecule has 1 aliphatic heterocycles. The van der Waals surface area contributed by atoms with Crippen molar-refractivity contribution in [3.63, 3.8) is 0 Å². The molecule has 0 spiro atoms. The van der Waals surface area contributed by atoms with Crippen molar-refractivity contribution in [1.82, 2.24) is 0 Å². The zero-order chi connectivity index (χ0) is 16.1. The maximum absolute atomic E-state index is 12.4. The predicted molar refractivity (Wildman–Crippen MR) is 83.3 cm³/mol. The van der Waals surface area contributed by atoms with E-state index in [0.29, 0.717) is 29.1 Å². The summed E-state index contributed by atoms with van der Waals surface area (Å²) in [6, 6.07) is 4.79. The molecular weight excluding hydrogens is 304 g/mol. The van der Waals surface area contributed by atoms with Crippen molar-refractivity contribution in [3.8, 4) is 0 Å². The van der Waals surface area contributed by atoms with Gasteiger partial charge in [0.15, 0.2) is 0 Å². The van der Waals surface area contributed by atoms with Crippen LogP contribution < -0.4 is 0 Å². The molecule has 0 fully saturated rings. The lowest BCUT2D eigenvalue weighted by Crippen LogP contribution is -2.26. The molecule has 0 bridgehead atoms. The number of halogens is 1. The summed E-state index contributed by atoms with van der Waals surface area (Å²) in [5, 5.41) is 0.525. The summed E-state index contributed by atoms with van der Waals surface area (Å²) >= 11 is 5.79. The van der Waals surface area contributed by atoms with Gasteiger partial charge in [0.05, 0.1) is 6.61 Å². The van der Waals surface area contributed by atoms with Crippen molar-refractivity contribution in [2.24, 2.45) is 4.99 Å². The molecule has 2 rings (SSSR count). The van der Waals surface area contributed by atoms with Crippen LogP contribution in [0, 0.1) is 6.57 Å². The Morgan fingerprint density at radius 2 is 2.14 bits per heavy atom. The Morgan fingerprint density at radius 3 is 2.73 bits per heavy atom. The second-order valence-corrected chi connectivity index (χ2v) is 5.27. The van der Waals surface area contributed by atoms with Gasteiger partial charge in [-0.15, -0.1) is 0 Å². The maximum atomic E-state index is 12.4. The predicted octanol–water partition coefficient (Wildman–Crippen LogP) is 2.98. The van der Waals surface area contributed by atoms with Gasteiger partial charge in [0.2, 0.25) is 0 Å². The van der Waals surface area contributed by atoms with Gasteiger partial charge in [-0.1, -0.05) is 11.6 Å². The summed E-state index contributed by atoms with van der Waals surface area (Å²) in [5.41, 5.74) is 0.862. The highest BCUT2D eigenvalue weighted by atomic mass is 35.5. The van der Waals surface area contributed by atoms with Crippen LogP contribution in [0.1, 0.15) is 30.1 Å². The zero-order valence-corrected chi connectivity index (χ0v) is 12.8. The summed E-state index contributed by atoms with van der Waals surface area (Å²) in [5.74, 6) is -0.727. The number of esters is 1. The summed E-state index contributed by atoms with van der Waals surface area (Å²) in [7, 11) is 0. The Bertz CT molecular complexity index is 646. The minimum Gasteiger partial charge on any atom is -0.464 e. The molecule has 1 aliphatic rings. The van der Waals surface area contributed by atoms with Gasteiger partial charge in [-0.05, 0) is 44.0 Å². The van der Waals surface area contributed by atoms with Gasteiger partial charge in [-0.25, -0.2) is 11.4 Å². The number of ether oxygens (including phenoxy) is 1. The van der Waals surface area contributed by atoms with E-state index in [4.69, 9.17) is 22.9 Å². The van der Waals surface area contributed by atoms with Crippen LogP contribution in [-0.2, 0) is 9.53 Å². The van der Waals surface area contributed by atoms with Crippen LogP contribution in [0.5, 0.6) is 0 Å². The number of carbonyl (C=O) groups excluding carboxylic acids is 2. The van der Waals surface area contributed by atoms with Crippen LogP contribution in [0.15, 0.2) is 29.3 Å². The Hall–Kier alpha value is -2.19. The Kier molecular flexibility index (Phi) is 5.29. The van der Waals surface area contributed by atoms with E-state index in [1.807, 2.05) is 0 Å². The molecule has 1 aromatic carbocycles. The number of rotatable bonds is 5. The molecule has 0 N–H and O–H groups in total. The second kappa shape index (κ2) is 7.19. The summed E-state index contributed by atoms with van der Waals surface area (Å²) in [4.78, 5) is 31.7. The molecule has 1 aromatic rings. The molecule has 114 valence electrons. The van der Waals surface area contributed by atoms with Gasteiger partial charge < -0.3 is 4.74 Å². The van der Waals surface area contributed by atoms with Crippen LogP contribution in [0.2, 0.25) is 5.02 Å². The summed E-state index contributed by atoms with van der Waals surface area (Å²) in [6.07, 6.45) is 0.934. The molecule has 2 unspecified atom stereocenters. The lowest BCUT2D eigenvalue weighted by atomic mass is 9.99. The molecule has 0 amide bonds. The van der Waals surface area contributed by atoms with Crippen LogP contribution >= 0.6 is 11.6 Å². The zero-order valence-electron chi connectivity index (χ0n) is 12.1. The highest BCUT2D eigenvalue weighted by Gasteiger charge is 2.36. The van der Waals surface area contributed by atoms with E-state index >= 15 is 0 Å². The van der Waals surface area contributed by atoms with E-state index in [2.05, 4.69) is 9.84 Å². The van der Waals surface area contributed by atoms with Crippen molar-refractivity contribution >= 4 is 29.1 Å². The van der Waals surface area contributed by atoms with E-state index in [1.54, 1.807) is 31.2 Å². The number of aliphatic imine (C=N–C) groups is 1. The molecule has 0 saturated carbocycles. The first-order valence-corrected chi connectivity index (χ1v) is 7.34. The molecule has 1 heterocycles. The van der Waals surface area contributed by atoms with Gasteiger partial charge in [-0.3, -0.25) is 14.6 Å². The van der Waals surface area contributed by atoms with Gasteiger partial charge in [-0.2, -0.15) is 0 Å². The minimum atomic E-state index is -0.986. The van der Waals surface area contributed by atoms with Crippen molar-refractivity contribution in [2.75, 3.05) is 6.61 Å². The number of benzene rings is 1. The fourth-order valence-corrected chi connectivity index (χ4v) is 2.41. The molecule has 2 atom stereocenters. The quantitative estimate of drug-likeness (QED) is 0.476. The molecule has 0 aliphatic carbocycles. The topological polar surface area (TPSA) is 60.1 Å². The number of hydrogen-bond acceptors (Lipinski definition) is 4. The van der Waals surface area contributed by atoms with Gasteiger partial charge >= 0.3 is 12.0 Å². The van der Waals surface area contributed by atoms with Crippen LogP contribution in [0.4, 0.5) is 0 Å². The Balaban J connectivity index is 2.17. The lowest BCUT2D eigenvalue weighted by Gasteiger charge is -2.05. The van der Waals surface area contributed by atoms with Crippen LogP contribution in [0.25, 0.3) is 4.85 Å². The van der Waals surface area contributed by atoms with Gasteiger partial charge in [0, 0.05) is 10.6 Å². The monoisotopic (exact) mass is 318 g/mol. The first-order valence-electron chi connectivity index (χ1n) is 6.96. The molecule has 0 radical (unpaired) electrons. The SMILES string of the molecule is [C-]#[N+]C(C(=O)c1ccc(Cl)cc1)C1=NC(C(=O)OCC)CC1. The average molecular weight is 319 g/mol. The number of nitrogens with zero attached hydrogens (tertiary/aromatic N) is 2. The third-order valence-corrected chi connectivity index (χ3v) is 3.63. The van der Waals surface area contributed by atoms with Gasteiger partial charge in [0.1, 0.15) is 11.8 Å². The first kappa shape index (κ1) is 16.2. The molecule has 0 saturated heterocycles. The fourth-order valence-electron chi connectivity index (χ4n) is 2.29. The fraction of sp³-hybridized carbons (Fsp3) is 0.375. The Labute approximate surface area is 133 Å². The highest BCUT2D eigenvalue weighted by Crippen LogP contribution is 2.21. The maximum Gasteiger partial charge on any atom is 0.330 e. The van der Waals surface area contributed by atoms with Crippen molar-refractivity contribution < 1.29 is 14.3 Å². The Morgan fingerprint density at radius 1 is 1.45 bits per heavy atom. The molecule has 0 aromatic heterocycles. The smallest absolute Gasteiger partial charge is 0.330 e. The second-order valence-electron chi connectivity index (χ2n) is 4.83. The standard InChI is InChI=1S/C16H15ClN2O3/c1-3-22-16(21)13-9-8-12(19-13)14(18-2)15(20)10-4-6-11(17)7-5-10/h4-7,13-14H,3,8-9H2,1H3. The van der Waals surface area contributed by atoms with Crippen LogP contribution in [-0.4, -0.2) is 36.2 Å². The number of Topliss-reactive ketones (excluding diaryl/α,β-unsaturated/α-hetero) is 1. The number of hydrogen-bond donors (Lipinski definition) is 0. The largest absolute Gasteiger partial charge is 0.464 e. The molecule has 6 heteroatoms. The third-order valence-electron chi connectivity index (χ3n) is 3.38. The van der Waals surface area contributed by atoms with E-state index in [-0.39, 0.29) is 12.4 Å².